The van der Waals surface area contributed by atoms with E-state index in [4.69, 9.17) is 9.15 Å². The molecule has 1 heterocycles. The van der Waals surface area contributed by atoms with E-state index < -0.39 is 10.2 Å². The van der Waals surface area contributed by atoms with Gasteiger partial charge in [0.1, 0.15) is 5.76 Å². The molecule has 2 aromatic rings. The molecule has 126 valence electrons. The Labute approximate surface area is 134 Å². The van der Waals surface area contributed by atoms with Crippen molar-refractivity contribution < 1.29 is 22.7 Å². The number of nitrogens with one attached hydrogen (secondary N) is 1. The Bertz CT molecular complexity index is 799. The Morgan fingerprint density at radius 1 is 1.39 bits per heavy atom. The number of aromatic nitrogens is 1. The molecule has 1 aromatic carbocycles. The molecule has 0 atom stereocenters. The van der Waals surface area contributed by atoms with Crippen LogP contribution < -0.4 is 9.46 Å². The minimum Gasteiger partial charge on any atom is -0.504 e. The van der Waals surface area contributed by atoms with Gasteiger partial charge in [0.05, 0.1) is 19.3 Å². The van der Waals surface area contributed by atoms with Crippen molar-refractivity contribution in [1.29, 1.82) is 0 Å². The molecule has 0 fully saturated rings. The molecule has 0 amide bonds. The number of phenols is 1. The maximum absolute atomic E-state index is 11.7. The van der Waals surface area contributed by atoms with E-state index in [9.17, 15) is 13.5 Å². The molecule has 1 aromatic heterocycles. The first kappa shape index (κ1) is 17.3. The fourth-order valence-corrected chi connectivity index (χ4v) is 2.39. The minimum absolute atomic E-state index is 0.0125. The summed E-state index contributed by atoms with van der Waals surface area (Å²) in [6.07, 6.45) is 0. The largest absolute Gasteiger partial charge is 0.504 e. The Hall–Kier alpha value is -2.10. The lowest BCUT2D eigenvalue weighted by molar-refractivity contribution is 0.373. The van der Waals surface area contributed by atoms with Crippen LogP contribution in [0.4, 0.5) is 0 Å². The molecule has 0 radical (unpaired) electrons. The number of methoxy groups -OCH3 is 1. The number of nitrogens with zero attached hydrogens (tertiary/aromatic N) is 2. The van der Waals surface area contributed by atoms with Gasteiger partial charge in [0, 0.05) is 19.7 Å². The first-order valence-corrected chi connectivity index (χ1v) is 8.19. The average molecular weight is 341 g/mol. The standard InChI is InChI=1S/C14H19N3O5S/c1-9-11(8-15-23(19,20)17(2)3)16-14(22-9)10-5-6-12(18)13(7-10)21-4/h5-7,15,18H,8H2,1-4H3. The van der Waals surface area contributed by atoms with Crippen molar-refractivity contribution in [3.05, 3.63) is 29.7 Å². The molecule has 2 N–H and O–H groups in total. The van der Waals surface area contributed by atoms with Crippen molar-refractivity contribution in [2.24, 2.45) is 0 Å². The summed E-state index contributed by atoms with van der Waals surface area (Å²) in [4.78, 5) is 4.30. The molecule has 0 bridgehead atoms. The number of ether oxygens (including phenoxy) is 1. The maximum Gasteiger partial charge on any atom is 0.279 e. The van der Waals surface area contributed by atoms with Gasteiger partial charge in [-0.1, -0.05) is 0 Å². The predicted molar refractivity (Wildman–Crippen MR) is 84.3 cm³/mol. The average Bonchev–Trinajstić information content (AvgIpc) is 2.86. The summed E-state index contributed by atoms with van der Waals surface area (Å²) < 4.78 is 37.6. The highest BCUT2D eigenvalue weighted by Gasteiger charge is 2.17. The zero-order chi connectivity index (χ0) is 17.2. The third kappa shape index (κ3) is 3.81. The van der Waals surface area contributed by atoms with E-state index in [0.717, 1.165) is 4.31 Å². The van der Waals surface area contributed by atoms with Gasteiger partial charge in [-0.3, -0.25) is 0 Å². The van der Waals surface area contributed by atoms with Gasteiger partial charge in [-0.25, -0.2) is 4.98 Å². The Kier molecular flexibility index (Phi) is 4.93. The van der Waals surface area contributed by atoms with Crippen LogP contribution in [0.2, 0.25) is 0 Å². The van der Waals surface area contributed by atoms with Gasteiger partial charge in [0.25, 0.3) is 10.2 Å². The van der Waals surface area contributed by atoms with Crippen molar-refractivity contribution in [2.45, 2.75) is 13.5 Å². The first-order valence-electron chi connectivity index (χ1n) is 6.75. The summed E-state index contributed by atoms with van der Waals surface area (Å²) in [6.45, 7) is 1.72. The molecule has 0 spiro atoms. The molecule has 8 nitrogen and oxygen atoms in total. The number of rotatable bonds is 6. The van der Waals surface area contributed by atoms with E-state index in [1.165, 1.54) is 27.3 Å². The van der Waals surface area contributed by atoms with Crippen LogP contribution in [0.3, 0.4) is 0 Å². The second-order valence-corrected chi connectivity index (χ2v) is 6.99. The third-order valence-electron chi connectivity index (χ3n) is 3.22. The van der Waals surface area contributed by atoms with Crippen molar-refractivity contribution in [3.8, 4) is 23.0 Å². The van der Waals surface area contributed by atoms with Gasteiger partial charge < -0.3 is 14.3 Å². The lowest BCUT2D eigenvalue weighted by Crippen LogP contribution is -2.35. The highest BCUT2D eigenvalue weighted by Crippen LogP contribution is 2.31. The van der Waals surface area contributed by atoms with E-state index in [1.807, 2.05) is 0 Å². The summed E-state index contributed by atoms with van der Waals surface area (Å²) in [7, 11) is 0.783. The number of oxazole rings is 1. The summed E-state index contributed by atoms with van der Waals surface area (Å²) >= 11 is 0. The van der Waals surface area contributed by atoms with Crippen LogP contribution in [0.25, 0.3) is 11.5 Å². The molecule has 0 aliphatic heterocycles. The van der Waals surface area contributed by atoms with Crippen LogP contribution >= 0.6 is 0 Å². The van der Waals surface area contributed by atoms with Crippen LogP contribution in [0.15, 0.2) is 22.6 Å². The summed E-state index contributed by atoms with van der Waals surface area (Å²) in [5, 5.41) is 9.61. The predicted octanol–water partition coefficient (Wildman–Crippen LogP) is 1.26. The van der Waals surface area contributed by atoms with Gasteiger partial charge >= 0.3 is 0 Å². The Morgan fingerprint density at radius 2 is 2.09 bits per heavy atom. The third-order valence-corrected chi connectivity index (χ3v) is 4.69. The van der Waals surface area contributed by atoms with Crippen LogP contribution in [0, 0.1) is 6.92 Å². The number of hydrogen-bond donors (Lipinski definition) is 2. The normalized spacial score (nSPS) is 11.9. The van der Waals surface area contributed by atoms with Gasteiger partial charge in [-0.2, -0.15) is 17.4 Å². The fraction of sp³-hybridized carbons (Fsp3) is 0.357. The minimum atomic E-state index is -3.54. The number of hydrogen-bond acceptors (Lipinski definition) is 6. The SMILES string of the molecule is COc1cc(-c2nc(CNS(=O)(=O)N(C)C)c(C)o2)ccc1O. The van der Waals surface area contributed by atoms with Crippen LogP contribution in [0.1, 0.15) is 11.5 Å². The molecule has 0 saturated heterocycles. The second kappa shape index (κ2) is 6.57. The van der Waals surface area contributed by atoms with Gasteiger partial charge in [-0.15, -0.1) is 0 Å². The fourth-order valence-electron chi connectivity index (χ4n) is 1.81. The summed E-state index contributed by atoms with van der Waals surface area (Å²) in [6, 6.07) is 4.70. The highest BCUT2D eigenvalue weighted by molar-refractivity contribution is 7.87. The summed E-state index contributed by atoms with van der Waals surface area (Å²) in [5.74, 6) is 1.14. The molecule has 2 rings (SSSR count). The topological polar surface area (TPSA) is 105 Å². The maximum atomic E-state index is 11.7. The number of phenolic OH excluding ortho intramolecular Hbond substituents is 1. The van der Waals surface area contributed by atoms with Gasteiger partial charge in [0.2, 0.25) is 5.89 Å². The van der Waals surface area contributed by atoms with E-state index in [2.05, 4.69) is 9.71 Å². The number of benzene rings is 1. The van der Waals surface area contributed by atoms with Crippen LogP contribution in [-0.2, 0) is 16.8 Å². The smallest absolute Gasteiger partial charge is 0.279 e. The monoisotopic (exact) mass is 341 g/mol. The molecule has 0 aliphatic carbocycles. The quantitative estimate of drug-likeness (QED) is 0.819. The lowest BCUT2D eigenvalue weighted by Gasteiger charge is -2.11. The number of aromatic hydroxyl groups is 1. The van der Waals surface area contributed by atoms with E-state index in [-0.39, 0.29) is 12.3 Å². The van der Waals surface area contributed by atoms with Crippen LogP contribution in [-0.4, -0.2) is 44.0 Å². The van der Waals surface area contributed by atoms with Crippen molar-refractivity contribution in [2.75, 3.05) is 21.2 Å². The summed E-state index contributed by atoms with van der Waals surface area (Å²) in [5.41, 5.74) is 1.10. The molecule has 23 heavy (non-hydrogen) atoms. The Morgan fingerprint density at radius 3 is 2.70 bits per heavy atom. The van der Waals surface area contributed by atoms with E-state index >= 15 is 0 Å². The van der Waals surface area contributed by atoms with Crippen molar-refractivity contribution in [1.82, 2.24) is 14.0 Å². The lowest BCUT2D eigenvalue weighted by atomic mass is 10.2. The first-order chi connectivity index (χ1) is 10.7. The number of aryl methyl sites for hydroxylation is 1. The molecule has 0 saturated carbocycles. The van der Waals surface area contributed by atoms with Crippen molar-refractivity contribution in [3.63, 3.8) is 0 Å². The zero-order valence-corrected chi connectivity index (χ0v) is 14.1. The molecular weight excluding hydrogens is 322 g/mol. The molecule has 0 aliphatic rings. The van der Waals surface area contributed by atoms with E-state index in [0.29, 0.717) is 28.7 Å². The van der Waals surface area contributed by atoms with Gasteiger partial charge in [0.15, 0.2) is 11.5 Å². The van der Waals surface area contributed by atoms with Gasteiger partial charge in [-0.05, 0) is 25.1 Å². The molecule has 9 heteroatoms. The molecular formula is C14H19N3O5S. The Balaban J connectivity index is 2.25. The van der Waals surface area contributed by atoms with Crippen molar-refractivity contribution >= 4 is 10.2 Å². The van der Waals surface area contributed by atoms with E-state index in [1.54, 1.807) is 19.1 Å². The second-order valence-electron chi connectivity index (χ2n) is 5.02. The highest BCUT2D eigenvalue weighted by atomic mass is 32.2. The zero-order valence-electron chi connectivity index (χ0n) is 13.3. The molecule has 0 unspecified atom stereocenters. The van der Waals surface area contributed by atoms with Crippen LogP contribution in [0.5, 0.6) is 11.5 Å².